The van der Waals surface area contributed by atoms with Crippen LogP contribution in [0, 0.1) is 5.41 Å². The minimum Gasteiger partial charge on any atom is -0.384 e. The fraction of sp³-hybridized carbons (Fsp3) is 0.133. The molecule has 3 N–H and O–H groups in total. The summed E-state index contributed by atoms with van der Waals surface area (Å²) in [5.41, 5.74) is 8.44. The van der Waals surface area contributed by atoms with Crippen LogP contribution in [0.3, 0.4) is 0 Å². The lowest BCUT2D eigenvalue weighted by atomic mass is 10.1. The highest BCUT2D eigenvalue weighted by Crippen LogP contribution is 2.24. The Balaban J connectivity index is 2.17. The third-order valence-electron chi connectivity index (χ3n) is 3.02. The van der Waals surface area contributed by atoms with Crippen LogP contribution in [0.15, 0.2) is 46.9 Å². The molecule has 0 saturated carbocycles. The Morgan fingerprint density at radius 2 is 1.90 bits per heavy atom. The normalized spacial score (nSPS) is 10.3. The average molecular weight is 353 g/mol. The van der Waals surface area contributed by atoms with Gasteiger partial charge < -0.3 is 10.6 Å². The van der Waals surface area contributed by atoms with Crippen molar-refractivity contribution in [1.29, 1.82) is 5.41 Å². The van der Waals surface area contributed by atoms with E-state index in [1.54, 1.807) is 0 Å². The van der Waals surface area contributed by atoms with Crippen molar-refractivity contribution < 1.29 is 0 Å². The van der Waals surface area contributed by atoms with Crippen LogP contribution in [0.5, 0.6) is 0 Å². The number of amidine groups is 1. The van der Waals surface area contributed by atoms with Crippen LogP contribution in [-0.4, -0.2) is 12.9 Å². The van der Waals surface area contributed by atoms with Gasteiger partial charge in [0.1, 0.15) is 5.84 Å². The van der Waals surface area contributed by atoms with Crippen LogP contribution < -0.4 is 10.6 Å². The minimum atomic E-state index is 0.0591. The zero-order chi connectivity index (χ0) is 14.7. The highest BCUT2D eigenvalue weighted by Gasteiger charge is 2.07. The van der Waals surface area contributed by atoms with E-state index in [0.717, 1.165) is 21.7 Å². The zero-order valence-corrected chi connectivity index (χ0v) is 13.4. The number of nitrogens with zero attached hydrogens (tertiary/aromatic N) is 1. The topological polar surface area (TPSA) is 53.1 Å². The van der Waals surface area contributed by atoms with Gasteiger partial charge >= 0.3 is 0 Å². The van der Waals surface area contributed by atoms with Crippen molar-refractivity contribution in [3.8, 4) is 0 Å². The number of nitrogen functional groups attached to an aromatic ring is 1. The standard InChI is InChI=1S/C15H15BrClN3/c1-20(9-10-2-4-11(17)5-3-10)12-6-7-13(15(18)19)14(16)8-12/h2-8H,9H2,1H3,(H3,18,19). The fourth-order valence-electron chi connectivity index (χ4n) is 1.91. The largest absolute Gasteiger partial charge is 0.384 e. The molecule has 0 aromatic heterocycles. The number of halogens is 2. The Bertz CT molecular complexity index is 626. The molecule has 0 atom stereocenters. The van der Waals surface area contributed by atoms with E-state index in [2.05, 4.69) is 20.8 Å². The van der Waals surface area contributed by atoms with E-state index in [1.165, 1.54) is 5.56 Å². The molecule has 0 bridgehead atoms. The number of rotatable bonds is 4. The monoisotopic (exact) mass is 351 g/mol. The second-order valence-corrected chi connectivity index (χ2v) is 5.85. The summed E-state index contributed by atoms with van der Waals surface area (Å²) >= 11 is 9.33. The van der Waals surface area contributed by atoms with E-state index < -0.39 is 0 Å². The summed E-state index contributed by atoms with van der Waals surface area (Å²) in [4.78, 5) is 2.12. The van der Waals surface area contributed by atoms with E-state index in [4.69, 9.17) is 22.7 Å². The summed E-state index contributed by atoms with van der Waals surface area (Å²) < 4.78 is 0.824. The second kappa shape index (κ2) is 6.29. The Morgan fingerprint density at radius 3 is 2.45 bits per heavy atom. The number of anilines is 1. The summed E-state index contributed by atoms with van der Waals surface area (Å²) in [6.45, 7) is 0.781. The lowest BCUT2D eigenvalue weighted by molar-refractivity contribution is 0.922. The highest BCUT2D eigenvalue weighted by molar-refractivity contribution is 9.10. The van der Waals surface area contributed by atoms with Crippen LogP contribution in [0.1, 0.15) is 11.1 Å². The molecular formula is C15H15BrClN3. The predicted octanol–water partition coefficient (Wildman–Crippen LogP) is 4.02. The maximum atomic E-state index is 7.48. The van der Waals surface area contributed by atoms with Crippen molar-refractivity contribution in [2.24, 2.45) is 5.73 Å². The zero-order valence-electron chi connectivity index (χ0n) is 11.0. The summed E-state index contributed by atoms with van der Waals surface area (Å²) in [6.07, 6.45) is 0. The third-order valence-corrected chi connectivity index (χ3v) is 3.92. The molecule has 2 rings (SSSR count). The van der Waals surface area contributed by atoms with Gasteiger partial charge in [-0.1, -0.05) is 23.7 Å². The van der Waals surface area contributed by atoms with Crippen molar-refractivity contribution in [2.45, 2.75) is 6.54 Å². The minimum absolute atomic E-state index is 0.0591. The van der Waals surface area contributed by atoms with Gasteiger partial charge in [-0.05, 0) is 51.8 Å². The number of nitrogens with two attached hydrogens (primary N) is 1. The van der Waals surface area contributed by atoms with Gasteiger partial charge in [-0.25, -0.2) is 0 Å². The molecule has 5 heteroatoms. The predicted molar refractivity (Wildman–Crippen MR) is 88.7 cm³/mol. The summed E-state index contributed by atoms with van der Waals surface area (Å²) in [5, 5.41) is 8.22. The van der Waals surface area contributed by atoms with Crippen LogP contribution in [0.2, 0.25) is 5.02 Å². The summed E-state index contributed by atoms with van der Waals surface area (Å²) in [6, 6.07) is 13.6. The molecule has 20 heavy (non-hydrogen) atoms. The maximum absolute atomic E-state index is 7.48. The molecule has 0 fully saturated rings. The van der Waals surface area contributed by atoms with E-state index in [9.17, 15) is 0 Å². The van der Waals surface area contributed by atoms with Gasteiger partial charge in [0, 0.05) is 34.3 Å². The Hall–Kier alpha value is -1.52. The average Bonchev–Trinajstić information content (AvgIpc) is 2.40. The Kier molecular flexibility index (Phi) is 4.68. The Labute approximate surface area is 132 Å². The molecule has 0 aliphatic heterocycles. The van der Waals surface area contributed by atoms with E-state index >= 15 is 0 Å². The molecule has 2 aromatic carbocycles. The molecular weight excluding hydrogens is 338 g/mol. The molecule has 0 heterocycles. The van der Waals surface area contributed by atoms with Gasteiger partial charge in [0.05, 0.1) is 0 Å². The number of nitrogens with one attached hydrogen (secondary N) is 1. The quantitative estimate of drug-likeness (QED) is 0.645. The maximum Gasteiger partial charge on any atom is 0.123 e. The second-order valence-electron chi connectivity index (χ2n) is 4.56. The highest BCUT2D eigenvalue weighted by atomic mass is 79.9. The van der Waals surface area contributed by atoms with E-state index in [-0.39, 0.29) is 5.84 Å². The molecule has 0 aliphatic carbocycles. The number of hydrogen-bond acceptors (Lipinski definition) is 2. The van der Waals surface area contributed by atoms with Gasteiger partial charge in [-0.15, -0.1) is 0 Å². The molecule has 0 amide bonds. The summed E-state index contributed by atoms with van der Waals surface area (Å²) in [7, 11) is 2.02. The number of hydrogen-bond donors (Lipinski definition) is 2. The van der Waals surface area contributed by atoms with Gasteiger partial charge in [-0.3, -0.25) is 5.41 Å². The SMILES string of the molecule is CN(Cc1ccc(Cl)cc1)c1ccc(C(=N)N)c(Br)c1. The molecule has 0 aliphatic rings. The van der Waals surface area contributed by atoms with E-state index in [1.807, 2.05) is 49.5 Å². The molecule has 0 radical (unpaired) electrons. The first-order chi connectivity index (χ1) is 9.47. The van der Waals surface area contributed by atoms with Crippen LogP contribution in [-0.2, 0) is 6.54 Å². The Morgan fingerprint density at radius 1 is 1.25 bits per heavy atom. The first kappa shape index (κ1) is 14.9. The van der Waals surface area contributed by atoms with Crippen LogP contribution in [0.25, 0.3) is 0 Å². The van der Waals surface area contributed by atoms with Crippen molar-refractivity contribution >= 4 is 39.1 Å². The number of benzene rings is 2. The van der Waals surface area contributed by atoms with Gasteiger partial charge in [-0.2, -0.15) is 0 Å². The molecule has 0 spiro atoms. The first-order valence-electron chi connectivity index (χ1n) is 6.07. The smallest absolute Gasteiger partial charge is 0.123 e. The third kappa shape index (κ3) is 3.52. The molecule has 104 valence electrons. The van der Waals surface area contributed by atoms with Gasteiger partial charge in [0.15, 0.2) is 0 Å². The van der Waals surface area contributed by atoms with Gasteiger partial charge in [0.2, 0.25) is 0 Å². The van der Waals surface area contributed by atoms with Crippen molar-refractivity contribution in [3.05, 3.63) is 63.1 Å². The van der Waals surface area contributed by atoms with Crippen molar-refractivity contribution in [2.75, 3.05) is 11.9 Å². The summed E-state index contributed by atoms with van der Waals surface area (Å²) in [5.74, 6) is 0.0591. The molecule has 3 nitrogen and oxygen atoms in total. The van der Waals surface area contributed by atoms with Crippen LogP contribution >= 0.6 is 27.5 Å². The van der Waals surface area contributed by atoms with E-state index in [0.29, 0.717) is 5.56 Å². The lowest BCUT2D eigenvalue weighted by Gasteiger charge is -2.20. The fourth-order valence-corrected chi connectivity index (χ4v) is 2.62. The van der Waals surface area contributed by atoms with Crippen molar-refractivity contribution in [1.82, 2.24) is 0 Å². The van der Waals surface area contributed by atoms with Crippen LogP contribution in [0.4, 0.5) is 5.69 Å². The van der Waals surface area contributed by atoms with Gasteiger partial charge in [0.25, 0.3) is 0 Å². The molecule has 0 saturated heterocycles. The lowest BCUT2D eigenvalue weighted by Crippen LogP contribution is -2.17. The van der Waals surface area contributed by atoms with Crippen molar-refractivity contribution in [3.63, 3.8) is 0 Å². The first-order valence-corrected chi connectivity index (χ1v) is 7.24. The molecule has 2 aromatic rings. The molecule has 0 unspecified atom stereocenters.